The molecule has 2 aliphatic heterocycles. The zero-order valence-electron chi connectivity index (χ0n) is 17.3. The molecule has 178 valence electrons. The average molecular weight is 469 g/mol. The number of nitrogens with one attached hydrogen (secondary N) is 2. The Balaban J connectivity index is 0.000000383. The first-order valence-corrected chi connectivity index (χ1v) is 10.1. The summed E-state index contributed by atoms with van der Waals surface area (Å²) in [4.78, 5) is 40.1. The molecule has 13 heteroatoms. The number of hydrogen-bond donors (Lipinski definition) is 3. The van der Waals surface area contributed by atoms with Crippen molar-refractivity contribution in [1.82, 2.24) is 20.1 Å². The van der Waals surface area contributed by atoms with Gasteiger partial charge in [-0.25, -0.2) is 4.79 Å². The lowest BCUT2D eigenvalue weighted by Gasteiger charge is -2.44. The van der Waals surface area contributed by atoms with Gasteiger partial charge in [0.2, 0.25) is 5.91 Å². The number of piperidine rings is 1. The van der Waals surface area contributed by atoms with E-state index in [1.54, 1.807) is 35.6 Å². The van der Waals surface area contributed by atoms with Gasteiger partial charge in [-0.2, -0.15) is 18.3 Å². The molecule has 2 aromatic heterocycles. The Morgan fingerprint density at radius 1 is 1.21 bits per heavy atom. The molecule has 0 bridgehead atoms. The number of aromatic amines is 1. The third kappa shape index (κ3) is 6.28. The fraction of sp³-hybridized carbons (Fsp3) is 0.450. The van der Waals surface area contributed by atoms with E-state index in [0.29, 0.717) is 37.5 Å². The van der Waals surface area contributed by atoms with E-state index < -0.39 is 12.1 Å². The average Bonchev–Trinajstić information content (AvgIpc) is 3.33. The van der Waals surface area contributed by atoms with Crippen LogP contribution in [0.5, 0.6) is 0 Å². The Morgan fingerprint density at radius 2 is 1.97 bits per heavy atom. The number of amides is 2. The minimum absolute atomic E-state index is 0.0129. The zero-order chi connectivity index (χ0) is 24.0. The monoisotopic (exact) mass is 469 g/mol. The van der Waals surface area contributed by atoms with Crippen LogP contribution in [-0.4, -0.2) is 74.9 Å². The highest BCUT2D eigenvalue weighted by atomic mass is 19.4. The van der Waals surface area contributed by atoms with Crippen LogP contribution in [-0.2, 0) is 14.3 Å². The quantitative estimate of drug-likeness (QED) is 0.625. The second-order valence-corrected chi connectivity index (χ2v) is 7.51. The predicted molar refractivity (Wildman–Crippen MR) is 107 cm³/mol. The Hall–Kier alpha value is -3.48. The number of carbonyl (C=O) groups is 3. The molecule has 2 aliphatic rings. The Kier molecular flexibility index (Phi) is 7.63. The summed E-state index contributed by atoms with van der Waals surface area (Å²) in [6, 6.07) is 5.27. The summed E-state index contributed by atoms with van der Waals surface area (Å²) >= 11 is 0. The van der Waals surface area contributed by atoms with Crippen LogP contribution < -0.4 is 5.32 Å². The Labute approximate surface area is 186 Å². The number of ether oxygens (including phenoxy) is 1. The first-order chi connectivity index (χ1) is 15.7. The van der Waals surface area contributed by atoms with Crippen LogP contribution >= 0.6 is 0 Å². The number of anilines is 1. The molecule has 0 aromatic carbocycles. The molecular formula is C20H22F3N5O5. The lowest BCUT2D eigenvalue weighted by molar-refractivity contribution is -0.192. The molecule has 3 atom stereocenters. The highest BCUT2D eigenvalue weighted by molar-refractivity contribution is 5.93. The molecule has 0 spiro atoms. The number of nitrogens with zero attached hydrogens (tertiary/aromatic N) is 3. The van der Waals surface area contributed by atoms with Gasteiger partial charge in [-0.1, -0.05) is 0 Å². The van der Waals surface area contributed by atoms with Crippen LogP contribution in [0.2, 0.25) is 0 Å². The van der Waals surface area contributed by atoms with E-state index in [1.807, 2.05) is 6.07 Å². The number of rotatable bonds is 3. The van der Waals surface area contributed by atoms with Gasteiger partial charge in [0.05, 0.1) is 18.0 Å². The van der Waals surface area contributed by atoms with Crippen LogP contribution in [0, 0.1) is 11.8 Å². The molecule has 2 saturated heterocycles. The summed E-state index contributed by atoms with van der Waals surface area (Å²) in [5.74, 6) is -3.08. The Bertz CT molecular complexity index is 955. The van der Waals surface area contributed by atoms with Crippen LogP contribution in [0.4, 0.5) is 18.9 Å². The van der Waals surface area contributed by atoms with Crippen molar-refractivity contribution in [2.75, 3.05) is 25.0 Å². The van der Waals surface area contributed by atoms with Gasteiger partial charge in [0.1, 0.15) is 5.69 Å². The maximum absolute atomic E-state index is 12.8. The lowest BCUT2D eigenvalue weighted by atomic mass is 9.79. The number of pyridine rings is 1. The lowest BCUT2D eigenvalue weighted by Crippen LogP contribution is -2.53. The van der Waals surface area contributed by atoms with E-state index in [1.165, 1.54) is 0 Å². The van der Waals surface area contributed by atoms with Gasteiger partial charge in [0.25, 0.3) is 5.91 Å². The number of hydrogen-bond acceptors (Lipinski definition) is 6. The molecular weight excluding hydrogens is 447 g/mol. The van der Waals surface area contributed by atoms with Crippen molar-refractivity contribution in [1.29, 1.82) is 0 Å². The fourth-order valence-electron chi connectivity index (χ4n) is 3.84. The van der Waals surface area contributed by atoms with E-state index in [2.05, 4.69) is 20.5 Å². The largest absolute Gasteiger partial charge is 0.490 e. The topological polar surface area (TPSA) is 138 Å². The van der Waals surface area contributed by atoms with E-state index >= 15 is 0 Å². The van der Waals surface area contributed by atoms with Crippen molar-refractivity contribution in [3.05, 3.63) is 42.5 Å². The van der Waals surface area contributed by atoms with Crippen LogP contribution in [0.1, 0.15) is 23.3 Å². The SMILES string of the molecule is O=C(Nc1cccnc1)[C@@H]1CCO[C@@H]2CCN(C(=O)c3ccn[nH]3)C[C@H]21.O=C(O)C(F)(F)F. The maximum Gasteiger partial charge on any atom is 0.490 e. The number of alkyl halides is 3. The molecule has 2 fully saturated rings. The van der Waals surface area contributed by atoms with Gasteiger partial charge in [0, 0.05) is 43.9 Å². The summed E-state index contributed by atoms with van der Waals surface area (Å²) in [6.07, 6.45) is 1.18. The Morgan fingerprint density at radius 3 is 2.58 bits per heavy atom. The summed E-state index contributed by atoms with van der Waals surface area (Å²) in [6.45, 7) is 1.70. The number of carboxylic acids is 1. The van der Waals surface area contributed by atoms with Crippen LogP contribution in [0.25, 0.3) is 0 Å². The number of H-pyrrole nitrogens is 1. The van der Waals surface area contributed by atoms with Crippen molar-refractivity contribution < 1.29 is 37.4 Å². The summed E-state index contributed by atoms with van der Waals surface area (Å²) in [5.41, 5.74) is 1.15. The van der Waals surface area contributed by atoms with Gasteiger partial charge in [0.15, 0.2) is 0 Å². The number of fused-ring (bicyclic) bond motifs is 1. The molecule has 10 nitrogen and oxygen atoms in total. The number of carbonyl (C=O) groups excluding carboxylic acids is 2. The molecule has 2 amide bonds. The molecule has 0 aliphatic carbocycles. The number of likely N-dealkylation sites (tertiary alicyclic amines) is 1. The van der Waals surface area contributed by atoms with Crippen molar-refractivity contribution in [3.8, 4) is 0 Å². The fourth-order valence-corrected chi connectivity index (χ4v) is 3.84. The van der Waals surface area contributed by atoms with E-state index in [0.717, 1.165) is 6.42 Å². The standard InChI is InChI=1S/C18H21N5O3.C2HF3O2/c24-17(21-12-2-1-6-19-10-12)13-5-9-26-16-4-8-23(11-14(13)16)18(25)15-3-7-20-22-15;3-2(4,5)1(6)7/h1-3,6-7,10,13-14,16H,4-5,8-9,11H2,(H,20,22)(H,21,24);(H,6,7)/t13-,14+,16-;/m1./s1. The van der Waals surface area contributed by atoms with Crippen molar-refractivity contribution in [2.24, 2.45) is 11.8 Å². The third-order valence-electron chi connectivity index (χ3n) is 5.40. The number of halogens is 3. The van der Waals surface area contributed by atoms with Gasteiger partial charge in [-0.3, -0.25) is 19.7 Å². The number of carboxylic acid groups (broad SMARTS) is 1. The first kappa shape index (κ1) is 24.2. The van der Waals surface area contributed by atoms with Crippen LogP contribution in [0.15, 0.2) is 36.8 Å². The highest BCUT2D eigenvalue weighted by Gasteiger charge is 2.43. The van der Waals surface area contributed by atoms with Crippen LogP contribution in [0.3, 0.4) is 0 Å². The summed E-state index contributed by atoms with van der Waals surface area (Å²) < 4.78 is 37.6. The molecule has 0 unspecified atom stereocenters. The van der Waals surface area contributed by atoms with Gasteiger partial charge < -0.3 is 20.1 Å². The minimum Gasteiger partial charge on any atom is -0.475 e. The van der Waals surface area contributed by atoms with E-state index in [9.17, 15) is 22.8 Å². The molecule has 0 saturated carbocycles. The maximum atomic E-state index is 12.8. The smallest absolute Gasteiger partial charge is 0.475 e. The normalized spacial score (nSPS) is 22.4. The van der Waals surface area contributed by atoms with Crippen molar-refractivity contribution >= 4 is 23.5 Å². The predicted octanol–water partition coefficient (Wildman–Crippen LogP) is 1.94. The minimum atomic E-state index is -5.08. The molecule has 4 heterocycles. The zero-order valence-corrected chi connectivity index (χ0v) is 17.3. The number of aromatic nitrogens is 3. The summed E-state index contributed by atoms with van der Waals surface area (Å²) in [5, 5.41) is 16.6. The highest BCUT2D eigenvalue weighted by Crippen LogP contribution is 2.34. The first-order valence-electron chi connectivity index (χ1n) is 10.1. The second kappa shape index (κ2) is 10.4. The van der Waals surface area contributed by atoms with Crippen molar-refractivity contribution in [3.63, 3.8) is 0 Å². The van der Waals surface area contributed by atoms with Gasteiger partial charge in [-0.15, -0.1) is 0 Å². The third-order valence-corrected chi connectivity index (χ3v) is 5.40. The number of aliphatic carboxylic acids is 1. The molecule has 0 radical (unpaired) electrons. The van der Waals surface area contributed by atoms with Gasteiger partial charge in [-0.05, 0) is 31.0 Å². The second-order valence-electron chi connectivity index (χ2n) is 7.51. The van der Waals surface area contributed by atoms with Gasteiger partial charge >= 0.3 is 12.1 Å². The summed E-state index contributed by atoms with van der Waals surface area (Å²) in [7, 11) is 0. The van der Waals surface area contributed by atoms with Crippen molar-refractivity contribution in [2.45, 2.75) is 25.1 Å². The van der Waals surface area contributed by atoms with E-state index in [4.69, 9.17) is 14.6 Å². The molecule has 4 rings (SSSR count). The molecule has 3 N–H and O–H groups in total. The molecule has 33 heavy (non-hydrogen) atoms. The van der Waals surface area contributed by atoms with E-state index in [-0.39, 0.29) is 29.8 Å². The molecule has 2 aromatic rings.